The van der Waals surface area contributed by atoms with Gasteiger partial charge in [-0.15, -0.1) is 10.2 Å². The number of aryl methyl sites for hydroxylation is 2. The van der Waals surface area contributed by atoms with Gasteiger partial charge in [-0.05, 0) is 36.6 Å². The summed E-state index contributed by atoms with van der Waals surface area (Å²) in [5, 5.41) is 8.19. The van der Waals surface area contributed by atoms with Crippen LogP contribution in [0.4, 0.5) is 10.1 Å². The summed E-state index contributed by atoms with van der Waals surface area (Å²) in [6.45, 7) is 0. The molecule has 0 aliphatic heterocycles. The second-order valence-electron chi connectivity index (χ2n) is 5.93. The van der Waals surface area contributed by atoms with Gasteiger partial charge < -0.3 is 20.9 Å². The van der Waals surface area contributed by atoms with Gasteiger partial charge in [0.25, 0.3) is 5.91 Å². The average Bonchev–Trinajstić information content (AvgIpc) is 2.67. The van der Waals surface area contributed by atoms with Gasteiger partial charge in [-0.25, -0.2) is 4.39 Å². The minimum atomic E-state index is -0.782. The molecule has 0 bridgehead atoms. The predicted octanol–water partition coefficient (Wildman–Crippen LogP) is 2.25. The molecule has 0 saturated heterocycles. The fourth-order valence-electron chi connectivity index (χ4n) is 2.96. The lowest BCUT2D eigenvalue weighted by Gasteiger charge is -2.12. The number of carbonyl (C=O) groups is 1. The average molecular weight is 370 g/mol. The SMILES string of the molecule is COc1ccc(CCc2c(F)ccc3c(N)c(C(N)=O)nnc23)c(OC)c1. The molecule has 1 heterocycles. The van der Waals surface area contributed by atoms with Crippen LogP contribution in [-0.2, 0) is 12.8 Å². The zero-order valence-electron chi connectivity index (χ0n) is 15.0. The van der Waals surface area contributed by atoms with E-state index in [0.717, 1.165) is 5.56 Å². The highest BCUT2D eigenvalue weighted by atomic mass is 19.1. The molecule has 1 amide bonds. The molecule has 0 aliphatic carbocycles. The van der Waals surface area contributed by atoms with Crippen LogP contribution in [0, 0.1) is 5.82 Å². The number of benzene rings is 2. The Morgan fingerprint density at radius 3 is 2.56 bits per heavy atom. The fourth-order valence-corrected chi connectivity index (χ4v) is 2.96. The van der Waals surface area contributed by atoms with E-state index in [4.69, 9.17) is 20.9 Å². The molecule has 0 fully saturated rings. The molecule has 2 aromatic carbocycles. The van der Waals surface area contributed by atoms with Crippen LogP contribution in [0.3, 0.4) is 0 Å². The lowest BCUT2D eigenvalue weighted by molar-refractivity contribution is 0.0996. The normalized spacial score (nSPS) is 10.8. The fraction of sp³-hybridized carbons (Fsp3) is 0.211. The Kier molecular flexibility index (Phi) is 5.07. The zero-order valence-corrected chi connectivity index (χ0v) is 15.0. The Labute approximate surface area is 155 Å². The van der Waals surface area contributed by atoms with E-state index in [1.165, 1.54) is 12.1 Å². The Balaban J connectivity index is 1.99. The highest BCUT2D eigenvalue weighted by molar-refractivity contribution is 6.04. The number of methoxy groups -OCH3 is 2. The molecule has 4 N–H and O–H groups in total. The van der Waals surface area contributed by atoms with Crippen molar-refractivity contribution in [3.63, 3.8) is 0 Å². The molecular formula is C19H19FN4O3. The third kappa shape index (κ3) is 3.46. The number of nitrogen functional groups attached to an aromatic ring is 1. The molecule has 0 atom stereocenters. The van der Waals surface area contributed by atoms with Crippen molar-refractivity contribution < 1.29 is 18.7 Å². The van der Waals surface area contributed by atoms with E-state index in [1.54, 1.807) is 20.3 Å². The molecule has 0 unspecified atom stereocenters. The Bertz CT molecular complexity index is 1020. The lowest BCUT2D eigenvalue weighted by atomic mass is 9.99. The van der Waals surface area contributed by atoms with Crippen LogP contribution in [-0.4, -0.2) is 30.3 Å². The van der Waals surface area contributed by atoms with Crippen molar-refractivity contribution in [2.75, 3.05) is 20.0 Å². The Morgan fingerprint density at radius 2 is 1.89 bits per heavy atom. The minimum absolute atomic E-state index is 0.0933. The standard InChI is InChI=1S/C19H19FN4O3/c1-26-11-5-3-10(15(9-11)27-2)4-6-12-14(20)8-7-13-16(21)18(19(22)25)24-23-17(12)13/h3,5,7-9H,4,6H2,1-2H3,(H2,21,23)(H2,22,25). The van der Waals surface area contributed by atoms with Crippen molar-refractivity contribution in [3.8, 4) is 11.5 Å². The van der Waals surface area contributed by atoms with E-state index in [9.17, 15) is 9.18 Å². The van der Waals surface area contributed by atoms with Gasteiger partial charge in [0, 0.05) is 17.0 Å². The molecule has 1 aromatic heterocycles. The maximum Gasteiger partial charge on any atom is 0.271 e. The summed E-state index contributed by atoms with van der Waals surface area (Å²) in [7, 11) is 3.14. The summed E-state index contributed by atoms with van der Waals surface area (Å²) in [6.07, 6.45) is 0.845. The number of rotatable bonds is 6. The molecular weight excluding hydrogens is 351 g/mol. The summed E-state index contributed by atoms with van der Waals surface area (Å²) in [5.74, 6) is 0.118. The van der Waals surface area contributed by atoms with Gasteiger partial charge in [0.15, 0.2) is 5.69 Å². The maximum atomic E-state index is 14.5. The molecule has 27 heavy (non-hydrogen) atoms. The third-order valence-corrected chi connectivity index (χ3v) is 4.39. The lowest BCUT2D eigenvalue weighted by Crippen LogP contribution is -2.17. The summed E-state index contributed by atoms with van der Waals surface area (Å²) < 4.78 is 25.0. The summed E-state index contributed by atoms with van der Waals surface area (Å²) in [6, 6.07) is 8.22. The summed E-state index contributed by atoms with van der Waals surface area (Å²) in [4.78, 5) is 11.4. The molecule has 140 valence electrons. The first-order chi connectivity index (χ1) is 13.0. The first-order valence-electron chi connectivity index (χ1n) is 8.20. The van der Waals surface area contributed by atoms with Crippen LogP contribution >= 0.6 is 0 Å². The monoisotopic (exact) mass is 370 g/mol. The van der Waals surface area contributed by atoms with Gasteiger partial charge in [0.05, 0.1) is 19.9 Å². The van der Waals surface area contributed by atoms with Crippen LogP contribution in [0.15, 0.2) is 30.3 Å². The van der Waals surface area contributed by atoms with E-state index in [2.05, 4.69) is 10.2 Å². The van der Waals surface area contributed by atoms with E-state index < -0.39 is 11.7 Å². The predicted molar refractivity (Wildman–Crippen MR) is 99.4 cm³/mol. The number of nitrogens with zero attached hydrogens (tertiary/aromatic N) is 2. The molecule has 7 nitrogen and oxygen atoms in total. The van der Waals surface area contributed by atoms with Crippen molar-refractivity contribution in [3.05, 3.63) is 53.0 Å². The highest BCUT2D eigenvalue weighted by Crippen LogP contribution is 2.29. The molecule has 3 aromatic rings. The van der Waals surface area contributed by atoms with Crippen LogP contribution in [0.25, 0.3) is 10.9 Å². The topological polar surface area (TPSA) is 113 Å². The zero-order chi connectivity index (χ0) is 19.6. The quantitative estimate of drug-likeness (QED) is 0.688. The van der Waals surface area contributed by atoms with Crippen LogP contribution < -0.4 is 20.9 Å². The van der Waals surface area contributed by atoms with E-state index >= 15 is 0 Å². The van der Waals surface area contributed by atoms with Crippen LogP contribution in [0.5, 0.6) is 11.5 Å². The van der Waals surface area contributed by atoms with Gasteiger partial charge in [-0.3, -0.25) is 4.79 Å². The van der Waals surface area contributed by atoms with Crippen molar-refractivity contribution in [1.82, 2.24) is 10.2 Å². The highest BCUT2D eigenvalue weighted by Gasteiger charge is 2.17. The Morgan fingerprint density at radius 1 is 1.11 bits per heavy atom. The number of aromatic nitrogens is 2. The molecule has 0 radical (unpaired) electrons. The molecule has 0 saturated carbocycles. The molecule has 8 heteroatoms. The second kappa shape index (κ2) is 7.45. The second-order valence-corrected chi connectivity index (χ2v) is 5.93. The molecule has 3 rings (SSSR count). The number of halogens is 1. The van der Waals surface area contributed by atoms with Crippen molar-refractivity contribution in [2.45, 2.75) is 12.8 Å². The van der Waals surface area contributed by atoms with Crippen LogP contribution in [0.1, 0.15) is 21.6 Å². The van der Waals surface area contributed by atoms with E-state index in [1.807, 2.05) is 12.1 Å². The number of hydrogen-bond acceptors (Lipinski definition) is 6. The molecule has 0 spiro atoms. The van der Waals surface area contributed by atoms with Gasteiger partial charge in [0.2, 0.25) is 0 Å². The summed E-state index contributed by atoms with van der Waals surface area (Å²) in [5.41, 5.74) is 12.7. The van der Waals surface area contributed by atoms with Gasteiger partial charge >= 0.3 is 0 Å². The number of nitrogens with two attached hydrogens (primary N) is 2. The first-order valence-corrected chi connectivity index (χ1v) is 8.20. The van der Waals surface area contributed by atoms with Crippen molar-refractivity contribution >= 4 is 22.5 Å². The number of amides is 1. The largest absolute Gasteiger partial charge is 0.497 e. The third-order valence-electron chi connectivity index (χ3n) is 4.39. The number of hydrogen-bond donors (Lipinski definition) is 2. The van der Waals surface area contributed by atoms with Gasteiger partial charge in [0.1, 0.15) is 22.8 Å². The first kappa shape index (κ1) is 18.4. The number of ether oxygens (including phenoxy) is 2. The smallest absolute Gasteiger partial charge is 0.271 e. The number of primary amides is 1. The van der Waals surface area contributed by atoms with Crippen molar-refractivity contribution in [2.24, 2.45) is 5.73 Å². The number of anilines is 1. The Hall–Kier alpha value is -3.42. The minimum Gasteiger partial charge on any atom is -0.497 e. The molecule has 0 aliphatic rings. The summed E-state index contributed by atoms with van der Waals surface area (Å²) >= 11 is 0. The van der Waals surface area contributed by atoms with Gasteiger partial charge in [-0.2, -0.15) is 0 Å². The maximum absolute atomic E-state index is 14.5. The van der Waals surface area contributed by atoms with E-state index in [-0.39, 0.29) is 11.4 Å². The van der Waals surface area contributed by atoms with Crippen LogP contribution in [0.2, 0.25) is 0 Å². The van der Waals surface area contributed by atoms with E-state index in [0.29, 0.717) is 40.8 Å². The van der Waals surface area contributed by atoms with Gasteiger partial charge in [-0.1, -0.05) is 6.07 Å². The number of fused-ring (bicyclic) bond motifs is 1. The van der Waals surface area contributed by atoms with Crippen molar-refractivity contribution in [1.29, 1.82) is 0 Å². The number of carbonyl (C=O) groups excluding carboxylic acids is 1.